The Hall–Kier alpha value is 0.0400. The van der Waals surface area contributed by atoms with Crippen LogP contribution >= 0.6 is 39.1 Å². The van der Waals surface area contributed by atoms with E-state index >= 15 is 0 Å². The summed E-state index contributed by atoms with van der Waals surface area (Å²) in [5.74, 6) is 0. The van der Waals surface area contributed by atoms with E-state index in [-0.39, 0.29) is 0 Å². The second-order valence-corrected chi connectivity index (χ2v) is 5.10. The molecule has 1 N–H and O–H groups in total. The largest absolute Gasteiger partial charge is 0.385 e. The van der Waals surface area contributed by atoms with Crippen molar-refractivity contribution < 1.29 is 4.74 Å². The van der Waals surface area contributed by atoms with Crippen molar-refractivity contribution in [3.8, 4) is 0 Å². The Balaban J connectivity index is 2.47. The second-order valence-electron chi connectivity index (χ2n) is 3.37. The minimum Gasteiger partial charge on any atom is -0.385 e. The maximum atomic E-state index is 6.07. The first-order valence-electron chi connectivity index (χ1n) is 5.02. The molecular weight excluding hydrogens is 313 g/mol. The highest BCUT2D eigenvalue weighted by atomic mass is 79.9. The number of unbranched alkanes of at least 4 members (excludes halogenated alkanes) is 1. The highest BCUT2D eigenvalue weighted by Gasteiger charge is 2.06. The number of halogens is 3. The van der Waals surface area contributed by atoms with Crippen LogP contribution in [-0.2, 0) is 4.74 Å². The van der Waals surface area contributed by atoms with E-state index < -0.39 is 0 Å². The fraction of sp³-hybridized carbons (Fsp3) is 0.455. The zero-order valence-corrected chi connectivity index (χ0v) is 12.1. The van der Waals surface area contributed by atoms with Gasteiger partial charge in [-0.25, -0.2) is 0 Å². The van der Waals surface area contributed by atoms with Crippen LogP contribution < -0.4 is 5.32 Å². The first kappa shape index (κ1) is 14.1. The van der Waals surface area contributed by atoms with E-state index in [1.165, 1.54) is 0 Å². The third-order valence-corrected chi connectivity index (χ3v) is 3.14. The van der Waals surface area contributed by atoms with Crippen molar-refractivity contribution in [2.75, 3.05) is 25.6 Å². The molecule has 0 bridgehead atoms. The van der Waals surface area contributed by atoms with E-state index in [1.807, 2.05) is 12.1 Å². The molecule has 0 fully saturated rings. The van der Waals surface area contributed by atoms with Gasteiger partial charge in [0.15, 0.2) is 0 Å². The maximum Gasteiger partial charge on any atom is 0.0719 e. The molecule has 0 radical (unpaired) electrons. The predicted octanol–water partition coefficient (Wildman–Crippen LogP) is 4.59. The van der Waals surface area contributed by atoms with Gasteiger partial charge in [-0.3, -0.25) is 0 Å². The number of hydrogen-bond acceptors (Lipinski definition) is 2. The minimum atomic E-state index is 0.631. The number of ether oxygens (including phenoxy) is 1. The fourth-order valence-corrected chi connectivity index (χ4v) is 2.64. The van der Waals surface area contributed by atoms with Gasteiger partial charge in [-0.05, 0) is 25.0 Å². The maximum absolute atomic E-state index is 6.07. The first-order chi connectivity index (χ1) is 7.65. The Morgan fingerprint density at radius 3 is 2.44 bits per heavy atom. The van der Waals surface area contributed by atoms with Crippen LogP contribution in [0.5, 0.6) is 0 Å². The van der Waals surface area contributed by atoms with Crippen LogP contribution in [0.3, 0.4) is 0 Å². The lowest BCUT2D eigenvalue weighted by Crippen LogP contribution is -2.04. The molecule has 5 heteroatoms. The molecule has 0 atom stereocenters. The van der Waals surface area contributed by atoms with Crippen molar-refractivity contribution in [3.63, 3.8) is 0 Å². The van der Waals surface area contributed by atoms with Crippen LogP contribution in [-0.4, -0.2) is 20.3 Å². The molecule has 16 heavy (non-hydrogen) atoms. The summed E-state index contributed by atoms with van der Waals surface area (Å²) in [6.45, 7) is 1.62. The molecule has 0 heterocycles. The van der Waals surface area contributed by atoms with Crippen LogP contribution in [0, 0.1) is 0 Å². The highest BCUT2D eigenvalue weighted by Crippen LogP contribution is 2.33. The summed E-state index contributed by atoms with van der Waals surface area (Å²) in [6, 6.07) is 3.65. The Kier molecular flexibility index (Phi) is 6.51. The zero-order valence-electron chi connectivity index (χ0n) is 9.03. The van der Waals surface area contributed by atoms with Gasteiger partial charge in [-0.2, -0.15) is 0 Å². The molecule has 0 aliphatic carbocycles. The minimum absolute atomic E-state index is 0.631. The van der Waals surface area contributed by atoms with Crippen molar-refractivity contribution >= 4 is 44.8 Å². The van der Waals surface area contributed by atoms with Gasteiger partial charge in [0.25, 0.3) is 0 Å². The van der Waals surface area contributed by atoms with Gasteiger partial charge in [0, 0.05) is 24.7 Å². The summed E-state index contributed by atoms with van der Waals surface area (Å²) < 4.78 is 5.85. The van der Waals surface area contributed by atoms with E-state index in [2.05, 4.69) is 21.2 Å². The second kappa shape index (κ2) is 7.38. The molecule has 0 saturated carbocycles. The number of methoxy groups -OCH3 is 1. The Morgan fingerprint density at radius 2 is 1.88 bits per heavy atom. The molecule has 0 spiro atoms. The summed E-state index contributed by atoms with van der Waals surface area (Å²) in [5.41, 5.74) is 0.795. The SMILES string of the molecule is COCCCCNc1c(Cl)cc(Br)cc1Cl. The Morgan fingerprint density at radius 1 is 1.25 bits per heavy atom. The van der Waals surface area contributed by atoms with E-state index in [9.17, 15) is 0 Å². The average Bonchev–Trinajstić information content (AvgIpc) is 2.20. The van der Waals surface area contributed by atoms with Gasteiger partial charge in [0.1, 0.15) is 0 Å². The van der Waals surface area contributed by atoms with E-state index in [0.717, 1.165) is 36.2 Å². The number of benzene rings is 1. The van der Waals surface area contributed by atoms with Crippen LogP contribution in [0.15, 0.2) is 16.6 Å². The molecule has 0 aromatic heterocycles. The Labute approximate surface area is 114 Å². The molecule has 0 aliphatic rings. The lowest BCUT2D eigenvalue weighted by Gasteiger charge is -2.10. The quantitative estimate of drug-likeness (QED) is 0.772. The van der Waals surface area contributed by atoms with Crippen molar-refractivity contribution in [2.24, 2.45) is 0 Å². The lowest BCUT2D eigenvalue weighted by molar-refractivity contribution is 0.194. The number of rotatable bonds is 6. The van der Waals surface area contributed by atoms with Crippen LogP contribution in [0.2, 0.25) is 10.0 Å². The van der Waals surface area contributed by atoms with E-state index in [0.29, 0.717) is 10.0 Å². The molecule has 0 saturated heterocycles. The molecule has 1 aromatic rings. The van der Waals surface area contributed by atoms with Crippen LogP contribution in [0.1, 0.15) is 12.8 Å². The molecule has 1 rings (SSSR count). The molecule has 1 aromatic carbocycles. The van der Waals surface area contributed by atoms with Gasteiger partial charge in [0.2, 0.25) is 0 Å². The summed E-state index contributed by atoms with van der Waals surface area (Å²) in [5, 5.41) is 4.49. The topological polar surface area (TPSA) is 21.3 Å². The summed E-state index contributed by atoms with van der Waals surface area (Å²) in [7, 11) is 1.70. The summed E-state index contributed by atoms with van der Waals surface area (Å²) in [6.07, 6.45) is 2.05. The van der Waals surface area contributed by atoms with E-state index in [1.54, 1.807) is 7.11 Å². The Bertz CT molecular complexity index is 324. The van der Waals surface area contributed by atoms with Crippen molar-refractivity contribution in [3.05, 3.63) is 26.7 Å². The molecule has 2 nitrogen and oxygen atoms in total. The van der Waals surface area contributed by atoms with Crippen LogP contribution in [0.25, 0.3) is 0 Å². The molecule has 0 aliphatic heterocycles. The van der Waals surface area contributed by atoms with Gasteiger partial charge in [-0.1, -0.05) is 39.1 Å². The monoisotopic (exact) mass is 325 g/mol. The van der Waals surface area contributed by atoms with Gasteiger partial charge >= 0.3 is 0 Å². The fourth-order valence-electron chi connectivity index (χ4n) is 1.30. The lowest BCUT2D eigenvalue weighted by atomic mass is 10.3. The molecular formula is C11H14BrCl2NO. The van der Waals surface area contributed by atoms with E-state index in [4.69, 9.17) is 27.9 Å². The normalized spacial score (nSPS) is 10.5. The summed E-state index contributed by atoms with van der Waals surface area (Å²) >= 11 is 15.5. The van der Waals surface area contributed by atoms with Crippen molar-refractivity contribution in [2.45, 2.75) is 12.8 Å². The zero-order chi connectivity index (χ0) is 12.0. The number of nitrogens with one attached hydrogen (secondary N) is 1. The average molecular weight is 327 g/mol. The number of hydrogen-bond donors (Lipinski definition) is 1. The first-order valence-corrected chi connectivity index (χ1v) is 6.57. The van der Waals surface area contributed by atoms with Gasteiger partial charge < -0.3 is 10.1 Å². The van der Waals surface area contributed by atoms with Gasteiger partial charge in [0.05, 0.1) is 15.7 Å². The standard InChI is InChI=1S/C11H14BrCl2NO/c1-16-5-3-2-4-15-11-9(13)6-8(12)7-10(11)14/h6-7,15H,2-5H2,1H3. The third kappa shape index (κ3) is 4.50. The van der Waals surface area contributed by atoms with Crippen LogP contribution in [0.4, 0.5) is 5.69 Å². The van der Waals surface area contributed by atoms with Crippen molar-refractivity contribution in [1.29, 1.82) is 0 Å². The molecule has 0 unspecified atom stereocenters. The smallest absolute Gasteiger partial charge is 0.0719 e. The predicted molar refractivity (Wildman–Crippen MR) is 73.8 cm³/mol. The highest BCUT2D eigenvalue weighted by molar-refractivity contribution is 9.10. The van der Waals surface area contributed by atoms with Crippen molar-refractivity contribution in [1.82, 2.24) is 0 Å². The van der Waals surface area contributed by atoms with Gasteiger partial charge in [-0.15, -0.1) is 0 Å². The third-order valence-electron chi connectivity index (χ3n) is 2.08. The number of anilines is 1. The molecule has 90 valence electrons. The molecule has 0 amide bonds. The summed E-state index contributed by atoms with van der Waals surface area (Å²) in [4.78, 5) is 0.